The van der Waals surface area contributed by atoms with Crippen LogP contribution in [0, 0.1) is 11.8 Å². The van der Waals surface area contributed by atoms with Crippen LogP contribution in [0.1, 0.15) is 26.7 Å². The summed E-state index contributed by atoms with van der Waals surface area (Å²) in [5, 5.41) is 9.48. The minimum atomic E-state index is -0.552. The molecule has 0 bridgehead atoms. The van der Waals surface area contributed by atoms with Crippen molar-refractivity contribution in [3.05, 3.63) is 0 Å². The maximum absolute atomic E-state index is 9.48. The van der Waals surface area contributed by atoms with Crippen LogP contribution in [0.15, 0.2) is 0 Å². The summed E-state index contributed by atoms with van der Waals surface area (Å²) in [5.41, 5.74) is 0. The van der Waals surface area contributed by atoms with Crippen LogP contribution in [0.2, 0.25) is 0 Å². The molecule has 0 spiro atoms. The average Bonchev–Trinajstić information content (AvgIpc) is 2.32. The molecule has 4 nitrogen and oxygen atoms in total. The molecule has 1 atom stereocenters. The van der Waals surface area contributed by atoms with Crippen LogP contribution in [0.4, 0.5) is 0 Å². The third kappa shape index (κ3) is 11.9. The summed E-state index contributed by atoms with van der Waals surface area (Å²) in [6.45, 7) is 8.18. The molecule has 1 unspecified atom stereocenters. The van der Waals surface area contributed by atoms with Gasteiger partial charge in [0.2, 0.25) is 0 Å². The number of aliphatic hydroxyl groups is 1. The highest BCUT2D eigenvalue weighted by Gasteiger charge is 2.04. The van der Waals surface area contributed by atoms with E-state index in [1.807, 2.05) is 7.05 Å². The fourth-order valence-electron chi connectivity index (χ4n) is 1.50. The summed E-state index contributed by atoms with van der Waals surface area (Å²) in [6.07, 6.45) is 1.45. The quantitative estimate of drug-likeness (QED) is 0.445. The molecule has 106 valence electrons. The Morgan fingerprint density at radius 2 is 1.83 bits per heavy atom. The Morgan fingerprint density at radius 1 is 1.17 bits per heavy atom. The van der Waals surface area contributed by atoms with E-state index in [1.54, 1.807) is 6.92 Å². The lowest BCUT2D eigenvalue weighted by molar-refractivity contribution is 0.0442. The number of aliphatic hydroxyl groups excluding tert-OH is 1. The first kappa shape index (κ1) is 17.4. The van der Waals surface area contributed by atoms with Gasteiger partial charge in [-0.25, -0.2) is 0 Å². The number of ether oxygens (including phenoxy) is 2. The Morgan fingerprint density at radius 3 is 2.44 bits per heavy atom. The molecule has 0 aromatic heterocycles. The zero-order valence-electron chi connectivity index (χ0n) is 11.9. The van der Waals surface area contributed by atoms with Crippen molar-refractivity contribution in [2.75, 3.05) is 46.6 Å². The molecule has 0 aliphatic rings. The van der Waals surface area contributed by atoms with Crippen molar-refractivity contribution in [1.82, 2.24) is 4.90 Å². The minimum Gasteiger partial charge on any atom is -0.379 e. The van der Waals surface area contributed by atoms with Crippen LogP contribution < -0.4 is 0 Å². The van der Waals surface area contributed by atoms with Crippen LogP contribution >= 0.6 is 0 Å². The molecule has 0 rings (SSSR count). The molecule has 0 radical (unpaired) electrons. The first-order chi connectivity index (χ1) is 8.70. The van der Waals surface area contributed by atoms with Crippen LogP contribution in [-0.4, -0.2) is 62.7 Å². The molecule has 0 saturated heterocycles. The monoisotopic (exact) mass is 257 g/mol. The highest BCUT2D eigenvalue weighted by Crippen LogP contribution is 1.92. The highest BCUT2D eigenvalue weighted by molar-refractivity contribution is 5.02. The molecule has 0 aromatic rings. The van der Waals surface area contributed by atoms with E-state index in [2.05, 4.69) is 23.7 Å². The predicted molar refractivity (Wildman–Crippen MR) is 73.5 cm³/mol. The summed E-state index contributed by atoms with van der Waals surface area (Å²) in [4.78, 5) is 2.06. The molecule has 0 saturated carbocycles. The van der Waals surface area contributed by atoms with Gasteiger partial charge in [0.05, 0.1) is 13.2 Å². The molecular formula is C14H27NO3. The summed E-state index contributed by atoms with van der Waals surface area (Å²) in [7, 11) is 1.98. The van der Waals surface area contributed by atoms with Gasteiger partial charge in [-0.2, -0.15) is 0 Å². The Balaban J connectivity index is 3.29. The maximum Gasteiger partial charge on any atom is 0.127 e. The predicted octanol–water partition coefficient (Wildman–Crippen LogP) is 1.14. The number of hydrogen-bond donors (Lipinski definition) is 1. The second-order valence-electron chi connectivity index (χ2n) is 4.25. The summed E-state index contributed by atoms with van der Waals surface area (Å²) >= 11 is 0. The van der Waals surface area contributed by atoms with Crippen molar-refractivity contribution >= 4 is 0 Å². The van der Waals surface area contributed by atoms with Gasteiger partial charge in [-0.1, -0.05) is 12.8 Å². The Labute approximate surface area is 111 Å². The van der Waals surface area contributed by atoms with Gasteiger partial charge in [-0.15, -0.1) is 5.92 Å². The number of hydrogen-bond acceptors (Lipinski definition) is 4. The minimum absolute atomic E-state index is 0.552. The molecule has 1 N–H and O–H groups in total. The number of nitrogens with zero attached hydrogens (tertiary/aromatic N) is 1. The topological polar surface area (TPSA) is 41.9 Å². The second kappa shape index (κ2) is 12.8. The van der Waals surface area contributed by atoms with Gasteiger partial charge in [0.1, 0.15) is 6.10 Å². The molecule has 0 fully saturated rings. The van der Waals surface area contributed by atoms with E-state index < -0.39 is 6.10 Å². The van der Waals surface area contributed by atoms with Gasteiger partial charge in [0.25, 0.3) is 0 Å². The van der Waals surface area contributed by atoms with Crippen molar-refractivity contribution in [2.45, 2.75) is 32.8 Å². The Bertz CT molecular complexity index is 235. The smallest absolute Gasteiger partial charge is 0.127 e. The Kier molecular flexibility index (Phi) is 12.4. The summed E-state index contributed by atoms with van der Waals surface area (Å²) < 4.78 is 10.7. The molecule has 4 heteroatoms. The van der Waals surface area contributed by atoms with Gasteiger partial charge in [0, 0.05) is 26.3 Å². The van der Waals surface area contributed by atoms with E-state index in [4.69, 9.17) is 9.47 Å². The third-order valence-corrected chi connectivity index (χ3v) is 2.34. The van der Waals surface area contributed by atoms with Crippen molar-refractivity contribution < 1.29 is 14.6 Å². The zero-order valence-corrected chi connectivity index (χ0v) is 11.9. The number of likely N-dealkylation sites (N-methyl/N-ethyl adjacent to an activating group) is 1. The van der Waals surface area contributed by atoms with Crippen LogP contribution in [0.5, 0.6) is 0 Å². The first-order valence-electron chi connectivity index (χ1n) is 6.65. The largest absolute Gasteiger partial charge is 0.379 e. The Hall–Kier alpha value is -0.600. The zero-order chi connectivity index (χ0) is 13.6. The molecule has 18 heavy (non-hydrogen) atoms. The first-order valence-corrected chi connectivity index (χ1v) is 6.65. The standard InChI is InChI=1S/C14H27NO3/c1-4-7-14(16)13-15(3)8-6-10-18-12-11-17-9-5-2/h14,16H,5-6,8-13H2,1-3H3. The normalized spacial score (nSPS) is 12.3. The van der Waals surface area contributed by atoms with Crippen molar-refractivity contribution in [1.29, 1.82) is 0 Å². The highest BCUT2D eigenvalue weighted by atomic mass is 16.5. The summed E-state index contributed by atoms with van der Waals surface area (Å²) in [5.74, 6) is 5.43. The third-order valence-electron chi connectivity index (χ3n) is 2.34. The SMILES string of the molecule is CC#CC(O)CN(C)CCCOCCOCCC. The van der Waals surface area contributed by atoms with Crippen molar-refractivity contribution in [2.24, 2.45) is 0 Å². The van der Waals surface area contributed by atoms with Gasteiger partial charge < -0.3 is 19.5 Å². The molecule has 0 heterocycles. The van der Waals surface area contributed by atoms with Gasteiger partial charge in [0.15, 0.2) is 0 Å². The van der Waals surface area contributed by atoms with Gasteiger partial charge in [-0.3, -0.25) is 0 Å². The fraction of sp³-hybridized carbons (Fsp3) is 0.857. The lowest BCUT2D eigenvalue weighted by Gasteiger charge is -2.17. The molecular weight excluding hydrogens is 230 g/mol. The molecule has 0 aliphatic heterocycles. The van der Waals surface area contributed by atoms with E-state index in [-0.39, 0.29) is 0 Å². The maximum atomic E-state index is 9.48. The molecule has 0 aliphatic carbocycles. The van der Waals surface area contributed by atoms with E-state index in [1.165, 1.54) is 0 Å². The lowest BCUT2D eigenvalue weighted by Crippen LogP contribution is -2.29. The van der Waals surface area contributed by atoms with E-state index in [0.29, 0.717) is 19.8 Å². The van der Waals surface area contributed by atoms with Crippen molar-refractivity contribution in [3.8, 4) is 11.8 Å². The van der Waals surface area contributed by atoms with E-state index in [9.17, 15) is 5.11 Å². The molecule has 0 aromatic carbocycles. The van der Waals surface area contributed by atoms with Crippen LogP contribution in [-0.2, 0) is 9.47 Å². The van der Waals surface area contributed by atoms with Gasteiger partial charge >= 0.3 is 0 Å². The lowest BCUT2D eigenvalue weighted by atomic mass is 10.3. The second-order valence-corrected chi connectivity index (χ2v) is 4.25. The van der Waals surface area contributed by atoms with Crippen molar-refractivity contribution in [3.63, 3.8) is 0 Å². The average molecular weight is 257 g/mol. The van der Waals surface area contributed by atoms with Gasteiger partial charge in [-0.05, 0) is 26.8 Å². The number of rotatable bonds is 11. The van der Waals surface area contributed by atoms with Crippen LogP contribution in [0.25, 0.3) is 0 Å². The van der Waals surface area contributed by atoms with E-state index >= 15 is 0 Å². The van der Waals surface area contributed by atoms with Crippen LogP contribution in [0.3, 0.4) is 0 Å². The van der Waals surface area contributed by atoms with E-state index in [0.717, 1.165) is 32.6 Å². The summed E-state index contributed by atoms with van der Waals surface area (Å²) in [6, 6.07) is 0. The fourth-order valence-corrected chi connectivity index (χ4v) is 1.50. The molecule has 0 amide bonds.